The smallest absolute Gasteiger partial charge is 0.306 e. The molecule has 0 aliphatic heterocycles. The normalized spacial score (nSPS) is 12.7. The standard InChI is InChI=1S/C30H29FO10S2/c1-14(29(35)36)7-18(32)25-10-16-9-22(21(39-3)13-23(16)42-25)40-5-4-6-41-28-20(34)12-24-17(27(28)31)11-26(43-24)19(33)8-15(2)30(37)38/h9-15,34H,4-8H2,1-3H3,(H,35,36)(H,37,38). The van der Waals surface area contributed by atoms with E-state index in [4.69, 9.17) is 24.4 Å². The number of halogens is 1. The Labute approximate surface area is 253 Å². The number of ether oxygens (including phenoxy) is 3. The van der Waals surface area contributed by atoms with Crippen LogP contribution in [0.1, 0.15) is 52.5 Å². The van der Waals surface area contributed by atoms with E-state index in [0.717, 1.165) is 21.4 Å². The summed E-state index contributed by atoms with van der Waals surface area (Å²) in [5.41, 5.74) is 0. The van der Waals surface area contributed by atoms with E-state index in [1.165, 1.54) is 44.4 Å². The number of phenolic OH excluding ortho intramolecular Hbond substituents is 1. The van der Waals surface area contributed by atoms with Crippen molar-refractivity contribution in [1.82, 2.24) is 0 Å². The molecule has 0 aliphatic rings. The first kappa shape index (κ1) is 31.7. The molecule has 2 heterocycles. The molecule has 0 fully saturated rings. The van der Waals surface area contributed by atoms with Gasteiger partial charge in [-0.05, 0) is 23.6 Å². The molecule has 0 saturated heterocycles. The summed E-state index contributed by atoms with van der Waals surface area (Å²) in [5.74, 6) is -5.29. The fourth-order valence-corrected chi connectivity index (χ4v) is 6.25. The van der Waals surface area contributed by atoms with E-state index < -0.39 is 41.1 Å². The van der Waals surface area contributed by atoms with Gasteiger partial charge in [0.15, 0.2) is 40.4 Å². The number of thiophene rings is 2. The number of carbonyl (C=O) groups excluding carboxylic acids is 2. The first-order valence-electron chi connectivity index (χ1n) is 13.2. The number of fused-ring (bicyclic) bond motifs is 2. The fourth-order valence-electron chi connectivity index (χ4n) is 4.19. The zero-order chi connectivity index (χ0) is 31.4. The number of aliphatic carboxylic acids is 2. The number of aromatic hydroxyl groups is 1. The second-order valence-corrected chi connectivity index (χ2v) is 12.2. The number of Topliss-reactive ketones (excluding diaryl/α,β-unsaturated/α-hetero) is 2. The number of ketones is 2. The summed E-state index contributed by atoms with van der Waals surface area (Å²) >= 11 is 2.20. The third-order valence-electron chi connectivity index (χ3n) is 6.67. The molecule has 3 N–H and O–H groups in total. The average molecular weight is 633 g/mol. The maximum absolute atomic E-state index is 15.2. The van der Waals surface area contributed by atoms with Gasteiger partial charge in [-0.25, -0.2) is 4.39 Å². The van der Waals surface area contributed by atoms with Crippen molar-refractivity contribution < 1.29 is 53.1 Å². The van der Waals surface area contributed by atoms with Crippen LogP contribution < -0.4 is 14.2 Å². The molecule has 2 aromatic carbocycles. The molecular formula is C30H29FO10S2. The van der Waals surface area contributed by atoms with Crippen LogP contribution in [0.3, 0.4) is 0 Å². The molecule has 4 rings (SSSR count). The van der Waals surface area contributed by atoms with Crippen LogP contribution in [-0.4, -0.2) is 59.1 Å². The summed E-state index contributed by atoms with van der Waals surface area (Å²) in [6.07, 6.45) is -0.0306. The molecule has 13 heteroatoms. The molecule has 2 atom stereocenters. The maximum Gasteiger partial charge on any atom is 0.306 e. The van der Waals surface area contributed by atoms with E-state index in [-0.39, 0.29) is 47.9 Å². The van der Waals surface area contributed by atoms with Crippen molar-refractivity contribution in [1.29, 1.82) is 0 Å². The van der Waals surface area contributed by atoms with Crippen LogP contribution in [0.4, 0.5) is 4.39 Å². The summed E-state index contributed by atoms with van der Waals surface area (Å²) in [7, 11) is 1.48. The molecule has 0 saturated carbocycles. The Morgan fingerprint density at radius 1 is 0.814 bits per heavy atom. The summed E-state index contributed by atoms with van der Waals surface area (Å²) in [6, 6.07) is 7.77. The number of phenols is 1. The number of hydrogen-bond acceptors (Lipinski definition) is 10. The summed E-state index contributed by atoms with van der Waals surface area (Å²) in [5, 5.41) is 29.3. The Balaban J connectivity index is 1.38. The molecule has 0 spiro atoms. The Bertz CT molecular complexity index is 1710. The minimum absolute atomic E-state index is 0.00847. The molecule has 0 amide bonds. The SMILES string of the molecule is COc1cc2sc(C(=O)CC(C)C(=O)O)cc2cc1OCCCOc1c(O)cc2sc(C(=O)CC(C)C(=O)O)cc2c1F. The van der Waals surface area contributed by atoms with E-state index in [0.29, 0.717) is 27.5 Å². The maximum atomic E-state index is 15.2. The Morgan fingerprint density at radius 3 is 2.00 bits per heavy atom. The number of carboxylic acid groups (broad SMARTS) is 2. The van der Waals surface area contributed by atoms with Gasteiger partial charge >= 0.3 is 11.9 Å². The number of hydrogen-bond donors (Lipinski definition) is 3. The van der Waals surface area contributed by atoms with Gasteiger partial charge in [-0.15, -0.1) is 22.7 Å². The molecule has 228 valence electrons. The van der Waals surface area contributed by atoms with E-state index >= 15 is 4.39 Å². The highest BCUT2D eigenvalue weighted by Gasteiger charge is 2.23. The number of carbonyl (C=O) groups is 4. The number of benzene rings is 2. The average Bonchev–Trinajstić information content (AvgIpc) is 3.58. The van der Waals surface area contributed by atoms with E-state index in [9.17, 15) is 24.3 Å². The van der Waals surface area contributed by atoms with Gasteiger partial charge in [-0.3, -0.25) is 19.2 Å². The number of methoxy groups -OCH3 is 1. The monoisotopic (exact) mass is 632 g/mol. The zero-order valence-electron chi connectivity index (χ0n) is 23.5. The van der Waals surface area contributed by atoms with E-state index in [1.807, 2.05) is 0 Å². The second kappa shape index (κ2) is 13.4. The van der Waals surface area contributed by atoms with Crippen LogP contribution in [0.15, 0.2) is 30.3 Å². The first-order valence-corrected chi connectivity index (χ1v) is 14.9. The molecule has 4 aromatic rings. The molecule has 10 nitrogen and oxygen atoms in total. The van der Waals surface area contributed by atoms with E-state index in [1.54, 1.807) is 18.2 Å². The van der Waals surface area contributed by atoms with Gasteiger partial charge in [0, 0.05) is 46.2 Å². The second-order valence-electron chi connectivity index (χ2n) is 10.00. The van der Waals surface area contributed by atoms with Crippen LogP contribution in [0.5, 0.6) is 23.0 Å². The van der Waals surface area contributed by atoms with Crippen LogP contribution in [0.25, 0.3) is 20.2 Å². The van der Waals surface area contributed by atoms with E-state index in [2.05, 4.69) is 0 Å². The van der Waals surface area contributed by atoms with Crippen LogP contribution in [0.2, 0.25) is 0 Å². The van der Waals surface area contributed by atoms with Gasteiger partial charge < -0.3 is 29.5 Å². The lowest BCUT2D eigenvalue weighted by atomic mass is 10.0. The Kier molecular flexibility index (Phi) is 9.87. The van der Waals surface area contributed by atoms with Gasteiger partial charge in [0.05, 0.1) is 41.9 Å². The minimum atomic E-state index is -1.10. The molecule has 0 radical (unpaired) electrons. The van der Waals surface area contributed by atoms with Crippen molar-refractivity contribution in [3.63, 3.8) is 0 Å². The summed E-state index contributed by atoms with van der Waals surface area (Å²) < 4.78 is 33.1. The minimum Gasteiger partial charge on any atom is -0.504 e. The lowest BCUT2D eigenvalue weighted by Crippen LogP contribution is -2.13. The van der Waals surface area contributed by atoms with Gasteiger partial charge in [-0.1, -0.05) is 13.8 Å². The number of carboxylic acids is 2. The quantitative estimate of drug-likeness (QED) is 0.0989. The zero-order valence-corrected chi connectivity index (χ0v) is 25.1. The van der Waals surface area contributed by atoms with Crippen LogP contribution in [0, 0.1) is 17.7 Å². The highest BCUT2D eigenvalue weighted by atomic mass is 32.1. The predicted molar refractivity (Wildman–Crippen MR) is 159 cm³/mol. The molecule has 43 heavy (non-hydrogen) atoms. The van der Waals surface area contributed by atoms with Crippen molar-refractivity contribution >= 4 is 66.4 Å². The Hall–Kier alpha value is -4.23. The third kappa shape index (κ3) is 7.23. The van der Waals surface area contributed by atoms with Gasteiger partial charge in [0.1, 0.15) is 0 Å². The largest absolute Gasteiger partial charge is 0.504 e. The number of rotatable bonds is 15. The fraction of sp³-hybridized carbons (Fsp3) is 0.333. The lowest BCUT2D eigenvalue weighted by molar-refractivity contribution is -0.141. The molecule has 0 bridgehead atoms. The van der Waals surface area contributed by atoms with Crippen molar-refractivity contribution in [3.05, 3.63) is 45.9 Å². The highest BCUT2D eigenvalue weighted by molar-refractivity contribution is 7.21. The van der Waals surface area contributed by atoms with Gasteiger partial charge in [-0.2, -0.15) is 0 Å². The van der Waals surface area contributed by atoms with Crippen molar-refractivity contribution in [3.8, 4) is 23.0 Å². The topological polar surface area (TPSA) is 157 Å². The molecule has 2 unspecified atom stereocenters. The third-order valence-corrected chi connectivity index (χ3v) is 8.93. The van der Waals surface area contributed by atoms with Gasteiger partial charge in [0.2, 0.25) is 0 Å². The van der Waals surface area contributed by atoms with Crippen molar-refractivity contribution in [2.24, 2.45) is 11.8 Å². The Morgan fingerprint density at radius 2 is 1.40 bits per heavy atom. The van der Waals surface area contributed by atoms with Crippen LogP contribution in [-0.2, 0) is 9.59 Å². The van der Waals surface area contributed by atoms with Crippen LogP contribution >= 0.6 is 22.7 Å². The van der Waals surface area contributed by atoms with Crippen molar-refractivity contribution in [2.45, 2.75) is 33.1 Å². The summed E-state index contributed by atoms with van der Waals surface area (Å²) in [6.45, 7) is 3.04. The molecular weight excluding hydrogens is 603 g/mol. The summed E-state index contributed by atoms with van der Waals surface area (Å²) in [4.78, 5) is 47.8. The molecule has 2 aromatic heterocycles. The lowest BCUT2D eigenvalue weighted by Gasteiger charge is -2.12. The highest BCUT2D eigenvalue weighted by Crippen LogP contribution is 2.40. The predicted octanol–water partition coefficient (Wildman–Crippen LogP) is 6.40. The molecule has 0 aliphatic carbocycles. The van der Waals surface area contributed by atoms with Crippen molar-refractivity contribution in [2.75, 3.05) is 20.3 Å². The first-order chi connectivity index (χ1) is 20.4. The van der Waals surface area contributed by atoms with Gasteiger partial charge in [0.25, 0.3) is 0 Å².